The van der Waals surface area contributed by atoms with Gasteiger partial charge in [-0.3, -0.25) is 4.98 Å². The van der Waals surface area contributed by atoms with Gasteiger partial charge in [-0.2, -0.15) is 4.98 Å². The molecule has 0 spiro atoms. The predicted octanol–water partition coefficient (Wildman–Crippen LogP) is 2.64. The fourth-order valence-electron chi connectivity index (χ4n) is 2.11. The Morgan fingerprint density at radius 2 is 1.86 bits per heavy atom. The lowest BCUT2D eigenvalue weighted by Crippen LogP contribution is -2.21. The van der Waals surface area contributed by atoms with Gasteiger partial charge in [-0.15, -0.1) is 0 Å². The van der Waals surface area contributed by atoms with Crippen LogP contribution in [0.15, 0.2) is 53.2 Å². The summed E-state index contributed by atoms with van der Waals surface area (Å²) in [6.45, 7) is 0.334. The molecule has 6 nitrogen and oxygen atoms in total. The number of benzene rings is 1. The molecule has 1 aliphatic heterocycles. The van der Waals surface area contributed by atoms with Gasteiger partial charge in [0.1, 0.15) is 12.3 Å². The molecule has 0 radical (unpaired) electrons. The van der Waals surface area contributed by atoms with E-state index in [2.05, 4.69) is 15.1 Å². The zero-order chi connectivity index (χ0) is 14.1. The van der Waals surface area contributed by atoms with Gasteiger partial charge >= 0.3 is 0 Å². The molecule has 0 amide bonds. The van der Waals surface area contributed by atoms with Crippen LogP contribution in [0.4, 0.5) is 0 Å². The van der Waals surface area contributed by atoms with Crippen molar-refractivity contribution in [2.75, 3.05) is 6.61 Å². The van der Waals surface area contributed by atoms with E-state index in [1.165, 1.54) is 0 Å². The number of nitrogens with zero attached hydrogens (tertiary/aromatic N) is 3. The molecule has 0 fully saturated rings. The first-order chi connectivity index (χ1) is 10.4. The van der Waals surface area contributed by atoms with E-state index in [1.54, 1.807) is 6.20 Å². The molecule has 1 aromatic carbocycles. The van der Waals surface area contributed by atoms with E-state index in [0.717, 1.165) is 5.75 Å². The van der Waals surface area contributed by atoms with E-state index in [9.17, 15) is 0 Å². The zero-order valence-corrected chi connectivity index (χ0v) is 11.0. The Hall–Kier alpha value is -2.89. The third kappa shape index (κ3) is 2.20. The Kier molecular flexibility index (Phi) is 2.77. The van der Waals surface area contributed by atoms with E-state index < -0.39 is 6.10 Å². The van der Waals surface area contributed by atoms with E-state index in [-0.39, 0.29) is 0 Å². The molecule has 0 unspecified atom stereocenters. The van der Waals surface area contributed by atoms with Crippen LogP contribution < -0.4 is 9.47 Å². The van der Waals surface area contributed by atoms with Crippen LogP contribution in [-0.4, -0.2) is 21.7 Å². The summed E-state index contributed by atoms with van der Waals surface area (Å²) in [6, 6.07) is 13.0. The van der Waals surface area contributed by atoms with Crippen LogP contribution >= 0.6 is 0 Å². The second-order valence-electron chi connectivity index (χ2n) is 4.54. The zero-order valence-electron chi connectivity index (χ0n) is 11.0. The molecule has 1 atom stereocenters. The normalized spacial score (nSPS) is 16.7. The SMILES string of the molecule is c1ccc(-c2noc([C@H]3COc4ccccc4O3)n2)nc1. The van der Waals surface area contributed by atoms with Crippen LogP contribution in [0, 0.1) is 0 Å². The van der Waals surface area contributed by atoms with E-state index in [4.69, 9.17) is 14.0 Å². The lowest BCUT2D eigenvalue weighted by Gasteiger charge is -2.23. The maximum absolute atomic E-state index is 5.83. The second-order valence-corrected chi connectivity index (χ2v) is 4.54. The van der Waals surface area contributed by atoms with Crippen molar-refractivity contribution in [2.45, 2.75) is 6.10 Å². The molecule has 0 bridgehead atoms. The Morgan fingerprint density at radius 3 is 2.71 bits per heavy atom. The first-order valence-electron chi connectivity index (χ1n) is 6.53. The van der Waals surface area contributed by atoms with Crippen LogP contribution in [0.1, 0.15) is 12.0 Å². The summed E-state index contributed by atoms with van der Waals surface area (Å²) in [7, 11) is 0. The molecule has 1 aliphatic rings. The van der Waals surface area contributed by atoms with Crippen LogP contribution in [0.3, 0.4) is 0 Å². The predicted molar refractivity (Wildman–Crippen MR) is 72.8 cm³/mol. The molecule has 0 saturated carbocycles. The van der Waals surface area contributed by atoms with Gasteiger partial charge in [0.15, 0.2) is 11.5 Å². The summed E-state index contributed by atoms with van der Waals surface area (Å²) in [5.41, 5.74) is 0.657. The topological polar surface area (TPSA) is 70.3 Å². The minimum Gasteiger partial charge on any atom is -0.485 e. The number of hydrogen-bond donors (Lipinski definition) is 0. The number of hydrogen-bond acceptors (Lipinski definition) is 6. The standard InChI is InChI=1S/C15H11N3O3/c1-2-7-12-11(6-1)19-9-13(20-12)15-17-14(18-21-15)10-5-3-4-8-16-10/h1-8,13H,9H2/t13-/m1/s1. The molecular formula is C15H11N3O3. The largest absolute Gasteiger partial charge is 0.485 e. The number of ether oxygens (including phenoxy) is 2. The minimum atomic E-state index is -0.412. The number of pyridine rings is 1. The van der Waals surface area contributed by atoms with E-state index >= 15 is 0 Å². The number of rotatable bonds is 2. The minimum absolute atomic E-state index is 0.334. The van der Waals surface area contributed by atoms with Crippen molar-refractivity contribution in [1.82, 2.24) is 15.1 Å². The molecule has 6 heteroatoms. The maximum Gasteiger partial charge on any atom is 0.271 e. The van der Waals surface area contributed by atoms with Crippen molar-refractivity contribution in [3.05, 3.63) is 54.6 Å². The molecule has 4 rings (SSSR count). The van der Waals surface area contributed by atoms with Crippen LogP contribution in [0.2, 0.25) is 0 Å². The van der Waals surface area contributed by atoms with Gasteiger partial charge in [0.2, 0.25) is 11.9 Å². The summed E-state index contributed by atoms with van der Waals surface area (Å²) in [4.78, 5) is 8.52. The molecule has 0 aliphatic carbocycles. The number of para-hydroxylation sites is 2. The number of fused-ring (bicyclic) bond motifs is 1. The van der Waals surface area contributed by atoms with E-state index in [0.29, 0.717) is 29.8 Å². The molecule has 0 saturated heterocycles. The Bertz CT molecular complexity index is 758. The number of aromatic nitrogens is 3. The van der Waals surface area contributed by atoms with Crippen molar-refractivity contribution in [3.8, 4) is 23.0 Å². The summed E-state index contributed by atoms with van der Waals surface area (Å²) in [5, 5.41) is 3.93. The Morgan fingerprint density at radius 1 is 1.00 bits per heavy atom. The highest BCUT2D eigenvalue weighted by molar-refractivity contribution is 5.47. The van der Waals surface area contributed by atoms with Crippen molar-refractivity contribution in [3.63, 3.8) is 0 Å². The van der Waals surface area contributed by atoms with Gasteiger partial charge < -0.3 is 14.0 Å². The summed E-state index contributed by atoms with van der Waals surface area (Å²) in [5.74, 6) is 2.21. The monoisotopic (exact) mass is 281 g/mol. The molecule has 21 heavy (non-hydrogen) atoms. The molecule has 104 valence electrons. The van der Waals surface area contributed by atoms with Crippen LogP contribution in [-0.2, 0) is 0 Å². The fraction of sp³-hybridized carbons (Fsp3) is 0.133. The summed E-state index contributed by atoms with van der Waals surface area (Å²) >= 11 is 0. The van der Waals surface area contributed by atoms with Gasteiger partial charge in [0, 0.05) is 6.20 Å². The first kappa shape index (κ1) is 11.9. The quantitative estimate of drug-likeness (QED) is 0.719. The maximum atomic E-state index is 5.83. The van der Waals surface area contributed by atoms with Gasteiger partial charge in [-0.05, 0) is 24.3 Å². The van der Waals surface area contributed by atoms with Crippen molar-refractivity contribution >= 4 is 0 Å². The van der Waals surface area contributed by atoms with Gasteiger partial charge in [-0.25, -0.2) is 0 Å². The van der Waals surface area contributed by atoms with E-state index in [1.807, 2.05) is 42.5 Å². The van der Waals surface area contributed by atoms with Gasteiger partial charge in [0.05, 0.1) is 0 Å². The second kappa shape index (κ2) is 4.90. The van der Waals surface area contributed by atoms with Gasteiger partial charge in [-0.1, -0.05) is 23.4 Å². The van der Waals surface area contributed by atoms with Crippen LogP contribution in [0.5, 0.6) is 11.5 Å². The lowest BCUT2D eigenvalue weighted by molar-refractivity contribution is 0.0665. The Labute approximate surface area is 120 Å². The van der Waals surface area contributed by atoms with Gasteiger partial charge in [0.25, 0.3) is 5.89 Å². The highest BCUT2D eigenvalue weighted by Gasteiger charge is 2.27. The summed E-state index contributed by atoms with van der Waals surface area (Å²) < 4.78 is 16.7. The fourth-order valence-corrected chi connectivity index (χ4v) is 2.11. The average molecular weight is 281 g/mol. The highest BCUT2D eigenvalue weighted by atomic mass is 16.6. The summed E-state index contributed by atoms with van der Waals surface area (Å²) in [6.07, 6.45) is 1.27. The highest BCUT2D eigenvalue weighted by Crippen LogP contribution is 2.35. The van der Waals surface area contributed by atoms with Crippen molar-refractivity contribution in [1.29, 1.82) is 0 Å². The Balaban J connectivity index is 1.60. The van der Waals surface area contributed by atoms with Crippen molar-refractivity contribution in [2.24, 2.45) is 0 Å². The molecule has 2 aromatic heterocycles. The third-order valence-electron chi connectivity index (χ3n) is 3.12. The first-order valence-corrected chi connectivity index (χ1v) is 6.53. The molecule has 3 aromatic rings. The smallest absolute Gasteiger partial charge is 0.271 e. The molecule has 0 N–H and O–H groups in total. The molecular weight excluding hydrogens is 270 g/mol. The molecule has 3 heterocycles. The third-order valence-corrected chi connectivity index (χ3v) is 3.12. The van der Waals surface area contributed by atoms with Crippen molar-refractivity contribution < 1.29 is 14.0 Å². The lowest BCUT2D eigenvalue weighted by atomic mass is 10.2. The average Bonchev–Trinajstić information content (AvgIpc) is 3.05. The van der Waals surface area contributed by atoms with Crippen LogP contribution in [0.25, 0.3) is 11.5 Å².